The van der Waals surface area contributed by atoms with E-state index in [9.17, 15) is 12.8 Å². The second-order valence-corrected chi connectivity index (χ2v) is 7.68. The highest BCUT2D eigenvalue weighted by Gasteiger charge is 2.24. The molecule has 0 unspecified atom stereocenters. The zero-order valence-corrected chi connectivity index (χ0v) is 13.2. The first-order valence-electron chi connectivity index (χ1n) is 5.34. The third-order valence-corrected chi connectivity index (χ3v) is 5.63. The molecule has 0 N–H and O–H groups in total. The number of thiophene rings is 1. The summed E-state index contributed by atoms with van der Waals surface area (Å²) in [6, 6.07) is 5.76. The number of nitrogens with zero attached hydrogens (tertiary/aromatic N) is 1. The molecule has 0 saturated carbocycles. The van der Waals surface area contributed by atoms with Crippen LogP contribution < -0.4 is 0 Å². The van der Waals surface area contributed by atoms with Gasteiger partial charge in [0.1, 0.15) is 10.7 Å². The lowest BCUT2D eigenvalue weighted by Crippen LogP contribution is -2.27. The molecule has 3 nitrogen and oxygen atoms in total. The molecule has 19 heavy (non-hydrogen) atoms. The van der Waals surface area contributed by atoms with E-state index in [-0.39, 0.29) is 11.4 Å². The average Bonchev–Trinajstić information content (AvgIpc) is 2.81. The fourth-order valence-electron chi connectivity index (χ4n) is 1.58. The summed E-state index contributed by atoms with van der Waals surface area (Å²) in [7, 11) is -2.38. The van der Waals surface area contributed by atoms with Gasteiger partial charge in [0, 0.05) is 18.1 Å². The first kappa shape index (κ1) is 14.6. The van der Waals surface area contributed by atoms with Crippen molar-refractivity contribution in [1.82, 2.24) is 4.31 Å². The van der Waals surface area contributed by atoms with E-state index in [4.69, 9.17) is 0 Å². The summed E-state index contributed by atoms with van der Waals surface area (Å²) in [5.74, 6) is -0.758. The molecule has 7 heteroatoms. The van der Waals surface area contributed by atoms with Gasteiger partial charge >= 0.3 is 0 Å². The van der Waals surface area contributed by atoms with Crippen LogP contribution in [0.4, 0.5) is 4.39 Å². The Morgan fingerprint density at radius 1 is 1.37 bits per heavy atom. The highest BCUT2D eigenvalue weighted by atomic mass is 79.9. The maximum Gasteiger partial charge on any atom is 0.246 e. The van der Waals surface area contributed by atoms with Crippen LogP contribution in [0.5, 0.6) is 0 Å². The van der Waals surface area contributed by atoms with Crippen molar-refractivity contribution in [3.8, 4) is 0 Å². The number of rotatable bonds is 4. The SMILES string of the molecule is CN(Cc1ccsc1)S(=O)(=O)c1ccc(Br)cc1F. The molecule has 0 radical (unpaired) electrons. The third kappa shape index (κ3) is 3.22. The Labute approximate surface area is 123 Å². The van der Waals surface area contributed by atoms with Gasteiger partial charge in [0.05, 0.1) is 0 Å². The van der Waals surface area contributed by atoms with E-state index in [1.165, 1.54) is 30.5 Å². The minimum absolute atomic E-state index is 0.224. The van der Waals surface area contributed by atoms with Crippen LogP contribution >= 0.6 is 27.3 Å². The maximum absolute atomic E-state index is 13.8. The van der Waals surface area contributed by atoms with E-state index in [1.54, 1.807) is 0 Å². The standard InChI is InChI=1S/C12H11BrFNO2S2/c1-15(7-9-4-5-18-8-9)19(16,17)12-3-2-10(13)6-11(12)14/h2-6,8H,7H2,1H3. The third-order valence-electron chi connectivity index (χ3n) is 2.57. The van der Waals surface area contributed by atoms with E-state index < -0.39 is 15.8 Å². The predicted molar refractivity (Wildman–Crippen MR) is 77.1 cm³/mol. The Hall–Kier alpha value is -0.760. The van der Waals surface area contributed by atoms with Crippen molar-refractivity contribution in [3.05, 3.63) is 50.9 Å². The van der Waals surface area contributed by atoms with Crippen LogP contribution in [-0.4, -0.2) is 19.8 Å². The van der Waals surface area contributed by atoms with Gasteiger partial charge in [-0.25, -0.2) is 12.8 Å². The number of benzene rings is 1. The van der Waals surface area contributed by atoms with Gasteiger partial charge in [-0.2, -0.15) is 15.6 Å². The van der Waals surface area contributed by atoms with Crippen molar-refractivity contribution in [3.63, 3.8) is 0 Å². The lowest BCUT2D eigenvalue weighted by molar-refractivity contribution is 0.460. The molecule has 0 atom stereocenters. The Kier molecular flexibility index (Phi) is 4.39. The van der Waals surface area contributed by atoms with Crippen LogP contribution in [0.15, 0.2) is 44.4 Å². The average molecular weight is 364 g/mol. The van der Waals surface area contributed by atoms with Crippen LogP contribution in [0.25, 0.3) is 0 Å². The van der Waals surface area contributed by atoms with Gasteiger partial charge in [-0.3, -0.25) is 0 Å². The molecule has 0 aliphatic heterocycles. The van der Waals surface area contributed by atoms with E-state index in [2.05, 4.69) is 15.9 Å². The van der Waals surface area contributed by atoms with Gasteiger partial charge < -0.3 is 0 Å². The number of hydrogen-bond donors (Lipinski definition) is 0. The highest BCUT2D eigenvalue weighted by molar-refractivity contribution is 9.10. The zero-order chi connectivity index (χ0) is 14.0. The summed E-state index contributed by atoms with van der Waals surface area (Å²) < 4.78 is 39.9. The van der Waals surface area contributed by atoms with Gasteiger partial charge in [-0.1, -0.05) is 15.9 Å². The quantitative estimate of drug-likeness (QED) is 0.833. The molecule has 0 aliphatic rings. The molecule has 0 fully saturated rings. The lowest BCUT2D eigenvalue weighted by Gasteiger charge is -2.17. The van der Waals surface area contributed by atoms with Gasteiger partial charge in [0.15, 0.2) is 0 Å². The van der Waals surface area contributed by atoms with Crippen molar-refractivity contribution >= 4 is 37.3 Å². The molecule has 1 aromatic carbocycles. The molecular weight excluding hydrogens is 353 g/mol. The second kappa shape index (κ2) is 5.70. The molecule has 0 spiro atoms. The Morgan fingerprint density at radius 2 is 2.11 bits per heavy atom. The molecule has 0 saturated heterocycles. The molecule has 0 amide bonds. The summed E-state index contributed by atoms with van der Waals surface area (Å²) in [5, 5.41) is 3.74. The van der Waals surface area contributed by atoms with Crippen molar-refractivity contribution in [2.45, 2.75) is 11.4 Å². The number of halogens is 2. The Balaban J connectivity index is 2.31. The van der Waals surface area contributed by atoms with Crippen LogP contribution in [0.3, 0.4) is 0 Å². The number of sulfonamides is 1. The molecule has 102 valence electrons. The number of hydrogen-bond acceptors (Lipinski definition) is 3. The van der Waals surface area contributed by atoms with E-state index in [0.29, 0.717) is 4.47 Å². The summed E-state index contributed by atoms with van der Waals surface area (Å²) in [6.07, 6.45) is 0. The van der Waals surface area contributed by atoms with Gasteiger partial charge in [0.25, 0.3) is 0 Å². The molecular formula is C12H11BrFNO2S2. The fourth-order valence-corrected chi connectivity index (χ4v) is 3.77. The van der Waals surface area contributed by atoms with Crippen LogP contribution in [0.1, 0.15) is 5.56 Å². The minimum Gasteiger partial charge on any atom is -0.207 e. The van der Waals surface area contributed by atoms with E-state index in [0.717, 1.165) is 15.9 Å². The molecule has 2 aromatic rings. The topological polar surface area (TPSA) is 37.4 Å². The van der Waals surface area contributed by atoms with Gasteiger partial charge in [0.2, 0.25) is 10.0 Å². The van der Waals surface area contributed by atoms with Crippen LogP contribution in [-0.2, 0) is 16.6 Å². The Bertz CT molecular complexity index is 671. The minimum atomic E-state index is -3.82. The summed E-state index contributed by atoms with van der Waals surface area (Å²) in [6.45, 7) is 0.224. The molecule has 1 heterocycles. The second-order valence-electron chi connectivity index (χ2n) is 3.97. The van der Waals surface area contributed by atoms with Crippen molar-refractivity contribution in [2.24, 2.45) is 0 Å². The highest BCUT2D eigenvalue weighted by Crippen LogP contribution is 2.23. The molecule has 2 rings (SSSR count). The molecule has 1 aromatic heterocycles. The first-order chi connectivity index (χ1) is 8.91. The summed E-state index contributed by atoms with van der Waals surface area (Å²) in [4.78, 5) is -0.312. The fraction of sp³-hybridized carbons (Fsp3) is 0.167. The lowest BCUT2D eigenvalue weighted by atomic mass is 10.3. The predicted octanol–water partition coefficient (Wildman–Crippen LogP) is 3.47. The normalized spacial score (nSPS) is 12.0. The monoisotopic (exact) mass is 363 g/mol. The van der Waals surface area contributed by atoms with Crippen LogP contribution in [0, 0.1) is 5.82 Å². The van der Waals surface area contributed by atoms with Gasteiger partial charge in [-0.15, -0.1) is 0 Å². The van der Waals surface area contributed by atoms with Gasteiger partial charge in [-0.05, 0) is 40.6 Å². The summed E-state index contributed by atoms with van der Waals surface area (Å²) in [5.41, 5.74) is 0.883. The first-order valence-corrected chi connectivity index (χ1v) is 8.51. The summed E-state index contributed by atoms with van der Waals surface area (Å²) >= 11 is 4.59. The van der Waals surface area contributed by atoms with Crippen molar-refractivity contribution in [1.29, 1.82) is 0 Å². The van der Waals surface area contributed by atoms with Crippen LogP contribution in [0.2, 0.25) is 0 Å². The smallest absolute Gasteiger partial charge is 0.207 e. The van der Waals surface area contributed by atoms with Crippen molar-refractivity contribution in [2.75, 3.05) is 7.05 Å². The van der Waals surface area contributed by atoms with E-state index in [1.807, 2.05) is 16.8 Å². The van der Waals surface area contributed by atoms with E-state index >= 15 is 0 Å². The molecule has 0 bridgehead atoms. The Morgan fingerprint density at radius 3 is 2.68 bits per heavy atom. The van der Waals surface area contributed by atoms with Crippen molar-refractivity contribution < 1.29 is 12.8 Å². The largest absolute Gasteiger partial charge is 0.246 e. The maximum atomic E-state index is 13.8. The zero-order valence-electron chi connectivity index (χ0n) is 10.0. The molecule has 0 aliphatic carbocycles.